The fraction of sp³-hybridized carbons (Fsp3) is 0.381. The first-order chi connectivity index (χ1) is 15.2. The third kappa shape index (κ3) is 4.81. The molecule has 0 bridgehead atoms. The second-order valence-corrected chi connectivity index (χ2v) is 9.63. The maximum Gasteiger partial charge on any atom is 0.404 e. The number of hydrogen-bond acceptors (Lipinski definition) is 7. The Hall–Kier alpha value is -2.85. The van der Waals surface area contributed by atoms with E-state index in [2.05, 4.69) is 37.1 Å². The molecule has 1 aliphatic heterocycles. The van der Waals surface area contributed by atoms with Crippen molar-refractivity contribution in [1.82, 2.24) is 25.3 Å². The highest BCUT2D eigenvalue weighted by molar-refractivity contribution is 7.99. The number of benzene rings is 1. The molecule has 1 aromatic carbocycles. The predicted octanol–water partition coefficient (Wildman–Crippen LogP) is 3.70. The lowest BCUT2D eigenvalue weighted by molar-refractivity contribution is 0.178. The lowest BCUT2D eigenvalue weighted by Crippen LogP contribution is -2.44. The highest BCUT2D eigenvalue weighted by Crippen LogP contribution is 2.36. The van der Waals surface area contributed by atoms with Crippen molar-refractivity contribution in [3.8, 4) is 0 Å². The first-order valence-electron chi connectivity index (χ1n) is 10.1. The molecule has 1 fully saturated rings. The van der Waals surface area contributed by atoms with Crippen LogP contribution in [0.5, 0.6) is 0 Å². The third-order valence-corrected chi connectivity index (χ3v) is 7.17. The van der Waals surface area contributed by atoms with Gasteiger partial charge in [0.2, 0.25) is 0 Å². The van der Waals surface area contributed by atoms with Crippen molar-refractivity contribution in [1.29, 1.82) is 0 Å². The number of rotatable bonds is 5. The van der Waals surface area contributed by atoms with Crippen molar-refractivity contribution in [2.45, 2.75) is 36.6 Å². The van der Waals surface area contributed by atoms with Gasteiger partial charge in [0.15, 0.2) is 0 Å². The molecular weight excluding hydrogens is 452 g/mol. The Kier molecular flexibility index (Phi) is 6.25. The molecule has 0 spiro atoms. The molecule has 0 radical (unpaired) electrons. The Labute approximate surface area is 193 Å². The number of nitrogens with zero attached hydrogens (tertiary/aromatic N) is 4. The lowest BCUT2D eigenvalue weighted by Gasteiger charge is -2.39. The average Bonchev–Trinajstić information content (AvgIpc) is 2.75. The molecule has 168 valence electrons. The summed E-state index contributed by atoms with van der Waals surface area (Å²) in [5.41, 5.74) is 0.227. The Bertz CT molecular complexity index is 1210. The standard InChI is InChI=1S/C21H23ClN6O3S/c1-12-26-13-3-4-14(18(22)17(13)19(29)27-12)32-16-10-23-15(9-24-16)28-7-5-21(2,6-8-28)11-25-20(30)31/h3-4,9-10,25H,5-8,11H2,1-2H3,(H,30,31)(H,26,27,29). The third-order valence-electron chi connectivity index (χ3n) is 5.68. The Morgan fingerprint density at radius 3 is 2.72 bits per heavy atom. The van der Waals surface area contributed by atoms with E-state index in [1.165, 1.54) is 11.8 Å². The van der Waals surface area contributed by atoms with Crippen LogP contribution in [-0.2, 0) is 0 Å². The zero-order valence-electron chi connectivity index (χ0n) is 17.7. The number of piperidine rings is 1. The number of carboxylic acid groups (broad SMARTS) is 1. The van der Waals surface area contributed by atoms with Gasteiger partial charge < -0.3 is 20.3 Å². The fourth-order valence-electron chi connectivity index (χ4n) is 3.75. The Morgan fingerprint density at radius 1 is 1.31 bits per heavy atom. The molecule has 9 nitrogen and oxygen atoms in total. The van der Waals surface area contributed by atoms with Gasteiger partial charge in [-0.1, -0.05) is 30.3 Å². The van der Waals surface area contributed by atoms with Crippen molar-refractivity contribution in [3.05, 3.63) is 45.7 Å². The first kappa shape index (κ1) is 22.3. The van der Waals surface area contributed by atoms with E-state index in [0.29, 0.717) is 38.2 Å². The number of aromatic nitrogens is 4. The highest BCUT2D eigenvalue weighted by Gasteiger charge is 2.31. The molecule has 11 heteroatoms. The summed E-state index contributed by atoms with van der Waals surface area (Å²) in [4.78, 5) is 42.0. The van der Waals surface area contributed by atoms with Gasteiger partial charge in [-0.2, -0.15) is 0 Å². The first-order valence-corrected chi connectivity index (χ1v) is 11.3. The van der Waals surface area contributed by atoms with E-state index < -0.39 is 6.09 Å². The van der Waals surface area contributed by atoms with Gasteiger partial charge >= 0.3 is 6.09 Å². The van der Waals surface area contributed by atoms with Gasteiger partial charge in [0, 0.05) is 24.5 Å². The molecule has 3 heterocycles. The molecule has 0 atom stereocenters. The molecule has 1 amide bonds. The van der Waals surface area contributed by atoms with Crippen LogP contribution in [0.15, 0.2) is 39.2 Å². The van der Waals surface area contributed by atoms with Crippen LogP contribution in [0.2, 0.25) is 5.02 Å². The second kappa shape index (κ2) is 8.95. The van der Waals surface area contributed by atoms with Crippen LogP contribution in [0.3, 0.4) is 0 Å². The summed E-state index contributed by atoms with van der Waals surface area (Å²) in [6, 6.07) is 3.60. The van der Waals surface area contributed by atoms with Crippen molar-refractivity contribution in [2.24, 2.45) is 5.41 Å². The van der Waals surface area contributed by atoms with E-state index in [1.807, 2.05) is 6.07 Å². The Balaban J connectivity index is 1.44. The summed E-state index contributed by atoms with van der Waals surface area (Å²) in [6.07, 6.45) is 4.15. The molecule has 0 saturated carbocycles. The normalized spacial score (nSPS) is 15.7. The zero-order chi connectivity index (χ0) is 22.9. The lowest BCUT2D eigenvalue weighted by atomic mass is 9.80. The van der Waals surface area contributed by atoms with Gasteiger partial charge in [-0.25, -0.2) is 19.7 Å². The van der Waals surface area contributed by atoms with Crippen LogP contribution in [0.25, 0.3) is 10.9 Å². The fourth-order valence-corrected chi connectivity index (χ4v) is 4.87. The van der Waals surface area contributed by atoms with Crippen molar-refractivity contribution < 1.29 is 9.90 Å². The van der Waals surface area contributed by atoms with Crippen LogP contribution >= 0.6 is 23.4 Å². The molecule has 32 heavy (non-hydrogen) atoms. The van der Waals surface area contributed by atoms with Crippen LogP contribution < -0.4 is 15.8 Å². The number of carbonyl (C=O) groups is 1. The number of aromatic amines is 1. The van der Waals surface area contributed by atoms with E-state index >= 15 is 0 Å². The maximum atomic E-state index is 12.3. The molecular formula is C21H23ClN6O3S. The van der Waals surface area contributed by atoms with E-state index in [0.717, 1.165) is 31.7 Å². The second-order valence-electron chi connectivity index (χ2n) is 8.19. The molecule has 3 aromatic rings. The number of anilines is 1. The van der Waals surface area contributed by atoms with Gasteiger partial charge in [0.1, 0.15) is 16.7 Å². The average molecular weight is 475 g/mol. The topological polar surface area (TPSA) is 124 Å². The van der Waals surface area contributed by atoms with Gasteiger partial charge in [0.25, 0.3) is 5.56 Å². The maximum absolute atomic E-state index is 12.3. The molecule has 1 saturated heterocycles. The SMILES string of the molecule is Cc1nc2ccc(Sc3cnc(N4CCC(C)(CNC(=O)O)CC4)cn3)c(Cl)c2c(=O)[nH]1. The number of fused-ring (bicyclic) bond motifs is 1. The number of amides is 1. The van der Waals surface area contributed by atoms with Crippen LogP contribution in [0.1, 0.15) is 25.6 Å². The number of nitrogens with one attached hydrogen (secondary N) is 2. The number of H-pyrrole nitrogens is 1. The molecule has 2 aromatic heterocycles. The Morgan fingerprint density at radius 2 is 2.06 bits per heavy atom. The predicted molar refractivity (Wildman–Crippen MR) is 124 cm³/mol. The summed E-state index contributed by atoms with van der Waals surface area (Å²) < 4.78 is 0. The van der Waals surface area contributed by atoms with Crippen molar-refractivity contribution in [3.63, 3.8) is 0 Å². The summed E-state index contributed by atoms with van der Waals surface area (Å²) in [5, 5.41) is 12.7. The van der Waals surface area contributed by atoms with Crippen molar-refractivity contribution >= 4 is 46.2 Å². The van der Waals surface area contributed by atoms with Crippen molar-refractivity contribution in [2.75, 3.05) is 24.5 Å². The number of hydrogen-bond donors (Lipinski definition) is 3. The monoisotopic (exact) mass is 474 g/mol. The van der Waals surface area contributed by atoms with Gasteiger partial charge in [-0.05, 0) is 37.3 Å². The number of aryl methyl sites for hydroxylation is 1. The molecule has 0 aliphatic carbocycles. The van der Waals surface area contributed by atoms with E-state index in [-0.39, 0.29) is 11.0 Å². The minimum absolute atomic E-state index is 0.0593. The largest absolute Gasteiger partial charge is 0.465 e. The quantitative estimate of drug-likeness (QED) is 0.511. The molecule has 4 rings (SSSR count). The summed E-state index contributed by atoms with van der Waals surface area (Å²) in [5.74, 6) is 1.32. The highest BCUT2D eigenvalue weighted by atomic mass is 35.5. The van der Waals surface area contributed by atoms with E-state index in [9.17, 15) is 9.59 Å². The molecule has 1 aliphatic rings. The minimum atomic E-state index is -0.991. The van der Waals surface area contributed by atoms with Gasteiger partial charge in [-0.15, -0.1) is 0 Å². The smallest absolute Gasteiger partial charge is 0.404 e. The summed E-state index contributed by atoms with van der Waals surface area (Å²) >= 11 is 7.83. The van der Waals surface area contributed by atoms with Crippen LogP contribution in [-0.4, -0.2) is 50.8 Å². The molecule has 3 N–H and O–H groups in total. The minimum Gasteiger partial charge on any atom is -0.465 e. The van der Waals surface area contributed by atoms with Gasteiger partial charge in [0.05, 0.1) is 28.3 Å². The van der Waals surface area contributed by atoms with E-state index in [4.69, 9.17) is 16.7 Å². The van der Waals surface area contributed by atoms with Crippen LogP contribution in [0, 0.1) is 12.3 Å². The van der Waals surface area contributed by atoms with E-state index in [1.54, 1.807) is 25.4 Å². The molecule has 0 unspecified atom stereocenters. The van der Waals surface area contributed by atoms with Gasteiger partial charge in [-0.3, -0.25) is 4.79 Å². The number of halogens is 1. The zero-order valence-corrected chi connectivity index (χ0v) is 19.3. The summed E-state index contributed by atoms with van der Waals surface area (Å²) in [6.45, 7) is 5.84. The summed E-state index contributed by atoms with van der Waals surface area (Å²) in [7, 11) is 0. The van der Waals surface area contributed by atoms with Crippen LogP contribution in [0.4, 0.5) is 10.6 Å².